The number of nitrogens with one attached hydrogen (secondary N) is 1. The molecule has 0 saturated carbocycles. The Morgan fingerprint density at radius 2 is 2.20 bits per heavy atom. The normalized spacial score (nSPS) is 38.1. The third-order valence-corrected chi connectivity index (χ3v) is 3.45. The van der Waals surface area contributed by atoms with Crippen LogP contribution in [0.3, 0.4) is 0 Å². The van der Waals surface area contributed by atoms with Crippen molar-refractivity contribution < 1.29 is 9.90 Å². The lowest BCUT2D eigenvalue weighted by Gasteiger charge is -2.38. The summed E-state index contributed by atoms with van der Waals surface area (Å²) in [5.41, 5.74) is 5.39. The zero-order valence-corrected chi connectivity index (χ0v) is 8.85. The molecule has 1 amide bonds. The van der Waals surface area contributed by atoms with E-state index in [4.69, 9.17) is 5.73 Å². The van der Waals surface area contributed by atoms with Crippen molar-refractivity contribution in [2.75, 3.05) is 19.6 Å². The number of nitrogens with two attached hydrogens (primary N) is 1. The molecule has 5 heteroatoms. The molecule has 2 aliphatic heterocycles. The lowest BCUT2D eigenvalue weighted by atomic mass is 9.98. The molecule has 2 fully saturated rings. The lowest BCUT2D eigenvalue weighted by Crippen LogP contribution is -2.55. The molecular weight excluding hydrogens is 194 g/mol. The van der Waals surface area contributed by atoms with Gasteiger partial charge in [0.15, 0.2) is 0 Å². The zero-order valence-electron chi connectivity index (χ0n) is 8.85. The van der Waals surface area contributed by atoms with Crippen LogP contribution in [0.4, 0.5) is 0 Å². The van der Waals surface area contributed by atoms with Crippen LogP contribution >= 0.6 is 0 Å². The first-order valence-corrected chi connectivity index (χ1v) is 5.64. The van der Waals surface area contributed by atoms with Gasteiger partial charge in [0.05, 0.1) is 18.2 Å². The third-order valence-electron chi connectivity index (χ3n) is 3.45. The summed E-state index contributed by atoms with van der Waals surface area (Å²) in [7, 11) is 0. The van der Waals surface area contributed by atoms with Gasteiger partial charge in [0.1, 0.15) is 0 Å². The van der Waals surface area contributed by atoms with Crippen molar-refractivity contribution in [3.05, 3.63) is 0 Å². The van der Waals surface area contributed by atoms with Gasteiger partial charge in [0.2, 0.25) is 5.91 Å². The zero-order chi connectivity index (χ0) is 10.8. The summed E-state index contributed by atoms with van der Waals surface area (Å²) >= 11 is 0. The Morgan fingerprint density at radius 1 is 1.40 bits per heavy atom. The number of carbonyl (C=O) groups excluding carboxylic acids is 1. The number of aliphatic hydroxyl groups is 1. The summed E-state index contributed by atoms with van der Waals surface area (Å²) in [5, 5.41) is 12.9. The molecule has 0 radical (unpaired) electrons. The van der Waals surface area contributed by atoms with Gasteiger partial charge in [-0.25, -0.2) is 0 Å². The molecule has 2 heterocycles. The first kappa shape index (κ1) is 10.9. The van der Waals surface area contributed by atoms with E-state index < -0.39 is 0 Å². The van der Waals surface area contributed by atoms with Gasteiger partial charge in [-0.3, -0.25) is 9.69 Å². The van der Waals surface area contributed by atoms with Crippen LogP contribution in [0.5, 0.6) is 0 Å². The van der Waals surface area contributed by atoms with Gasteiger partial charge < -0.3 is 16.2 Å². The number of piperidine rings is 1. The molecule has 0 aliphatic carbocycles. The monoisotopic (exact) mass is 213 g/mol. The molecule has 0 aromatic carbocycles. The van der Waals surface area contributed by atoms with Crippen LogP contribution in [0, 0.1) is 0 Å². The number of aliphatic hydroxyl groups excluding tert-OH is 1. The van der Waals surface area contributed by atoms with Gasteiger partial charge in [0, 0.05) is 13.1 Å². The maximum Gasteiger partial charge on any atom is 0.234 e. The molecule has 0 spiro atoms. The number of hydrogen-bond donors (Lipinski definition) is 3. The fourth-order valence-corrected chi connectivity index (χ4v) is 2.65. The van der Waals surface area contributed by atoms with Gasteiger partial charge in [0.25, 0.3) is 0 Å². The maximum atomic E-state index is 11.3. The smallest absolute Gasteiger partial charge is 0.234 e. The maximum absolute atomic E-state index is 11.3. The Hall–Kier alpha value is -0.650. The van der Waals surface area contributed by atoms with Crippen LogP contribution in [0.2, 0.25) is 0 Å². The van der Waals surface area contributed by atoms with E-state index in [9.17, 15) is 9.90 Å². The van der Waals surface area contributed by atoms with Crippen LogP contribution in [0.25, 0.3) is 0 Å². The minimum atomic E-state index is -0.370. The van der Waals surface area contributed by atoms with E-state index in [2.05, 4.69) is 10.2 Å². The van der Waals surface area contributed by atoms with E-state index in [1.165, 1.54) is 0 Å². The number of likely N-dealkylation sites (tertiary alicyclic amines) is 1. The van der Waals surface area contributed by atoms with E-state index in [1.807, 2.05) is 0 Å². The highest BCUT2D eigenvalue weighted by molar-refractivity contribution is 5.80. The second-order valence-corrected chi connectivity index (χ2v) is 4.44. The molecule has 0 aromatic heterocycles. The molecule has 3 atom stereocenters. The minimum absolute atomic E-state index is 0.0581. The van der Waals surface area contributed by atoms with E-state index in [0.717, 1.165) is 32.4 Å². The summed E-state index contributed by atoms with van der Waals surface area (Å²) in [6.07, 6.45) is 2.61. The number of rotatable bonds is 2. The number of β-amino-alcohol motifs (C(OH)–C–C–N with tert-alkyl or cyclic N) is 1. The Morgan fingerprint density at radius 3 is 2.80 bits per heavy atom. The number of amides is 1. The van der Waals surface area contributed by atoms with Crippen LogP contribution in [0.1, 0.15) is 19.3 Å². The highest BCUT2D eigenvalue weighted by Gasteiger charge is 2.37. The predicted octanol–water partition coefficient (Wildman–Crippen LogP) is -1.34. The van der Waals surface area contributed by atoms with Crippen molar-refractivity contribution in [3.8, 4) is 0 Å². The molecule has 2 rings (SSSR count). The summed E-state index contributed by atoms with van der Waals surface area (Å²) in [4.78, 5) is 13.4. The molecule has 2 aliphatic rings. The molecule has 5 nitrogen and oxygen atoms in total. The molecule has 0 bridgehead atoms. The van der Waals surface area contributed by atoms with E-state index in [1.54, 1.807) is 0 Å². The summed E-state index contributed by atoms with van der Waals surface area (Å²) in [6.45, 7) is 2.24. The fraction of sp³-hybridized carbons (Fsp3) is 0.900. The average Bonchev–Trinajstić information content (AvgIpc) is 2.64. The fourth-order valence-electron chi connectivity index (χ4n) is 2.65. The Bertz CT molecular complexity index is 247. The number of carbonyl (C=O) groups is 1. The van der Waals surface area contributed by atoms with Crippen molar-refractivity contribution in [1.29, 1.82) is 0 Å². The second kappa shape index (κ2) is 4.47. The lowest BCUT2D eigenvalue weighted by molar-refractivity contribution is -0.126. The van der Waals surface area contributed by atoms with Gasteiger partial charge in [-0.2, -0.15) is 0 Å². The minimum Gasteiger partial charge on any atom is -0.390 e. The molecular formula is C10H19N3O2. The Labute approximate surface area is 89.6 Å². The van der Waals surface area contributed by atoms with Gasteiger partial charge in [-0.05, 0) is 19.4 Å². The van der Waals surface area contributed by atoms with Gasteiger partial charge in [-0.15, -0.1) is 0 Å². The third kappa shape index (κ3) is 2.14. The molecule has 0 aromatic rings. The molecule has 4 N–H and O–H groups in total. The highest BCUT2D eigenvalue weighted by atomic mass is 16.3. The first-order valence-electron chi connectivity index (χ1n) is 5.64. The topological polar surface area (TPSA) is 78.6 Å². The van der Waals surface area contributed by atoms with Crippen molar-refractivity contribution in [1.82, 2.24) is 10.2 Å². The molecule has 86 valence electrons. The highest BCUT2D eigenvalue weighted by Crippen LogP contribution is 2.22. The standard InChI is InChI=1S/C10H19N3O2/c11-10(15)7-3-1-2-4-13(7)8-5-12-6-9(8)14/h7-9,12,14H,1-6H2,(H2,11,15). The number of hydrogen-bond acceptors (Lipinski definition) is 4. The summed E-state index contributed by atoms with van der Waals surface area (Å²) in [6, 6.07) is -0.124. The summed E-state index contributed by atoms with van der Waals surface area (Å²) in [5.74, 6) is -0.256. The average molecular weight is 213 g/mol. The van der Waals surface area contributed by atoms with Crippen LogP contribution < -0.4 is 11.1 Å². The van der Waals surface area contributed by atoms with Gasteiger partial charge >= 0.3 is 0 Å². The SMILES string of the molecule is NC(=O)C1CCCCN1C1CNCC1O. The number of primary amides is 1. The largest absolute Gasteiger partial charge is 0.390 e. The molecule has 15 heavy (non-hydrogen) atoms. The van der Waals surface area contributed by atoms with Crippen molar-refractivity contribution in [2.45, 2.75) is 37.5 Å². The van der Waals surface area contributed by atoms with Crippen molar-refractivity contribution in [3.63, 3.8) is 0 Å². The number of nitrogens with zero attached hydrogens (tertiary/aromatic N) is 1. The Balaban J connectivity index is 2.06. The van der Waals surface area contributed by atoms with E-state index in [0.29, 0.717) is 6.54 Å². The predicted molar refractivity (Wildman–Crippen MR) is 56.2 cm³/mol. The van der Waals surface area contributed by atoms with Crippen LogP contribution in [0.15, 0.2) is 0 Å². The van der Waals surface area contributed by atoms with Crippen LogP contribution in [-0.4, -0.2) is 53.7 Å². The summed E-state index contributed by atoms with van der Waals surface area (Å²) < 4.78 is 0. The van der Waals surface area contributed by atoms with E-state index in [-0.39, 0.29) is 24.1 Å². The van der Waals surface area contributed by atoms with Crippen LogP contribution in [-0.2, 0) is 4.79 Å². The van der Waals surface area contributed by atoms with E-state index >= 15 is 0 Å². The second-order valence-electron chi connectivity index (χ2n) is 4.44. The first-order chi connectivity index (χ1) is 7.20. The molecule has 3 unspecified atom stereocenters. The Kier molecular flexibility index (Phi) is 3.23. The van der Waals surface area contributed by atoms with Crippen molar-refractivity contribution in [2.24, 2.45) is 5.73 Å². The quantitative estimate of drug-likeness (QED) is 0.530. The molecule has 2 saturated heterocycles. The van der Waals surface area contributed by atoms with Crippen molar-refractivity contribution >= 4 is 5.91 Å². The van der Waals surface area contributed by atoms with Gasteiger partial charge in [-0.1, -0.05) is 6.42 Å².